The van der Waals surface area contributed by atoms with Crippen molar-refractivity contribution in [3.63, 3.8) is 0 Å². The van der Waals surface area contributed by atoms with Crippen molar-refractivity contribution in [2.75, 3.05) is 0 Å². The minimum atomic E-state index is -5.09. The van der Waals surface area contributed by atoms with E-state index in [2.05, 4.69) is 9.72 Å². The minimum Gasteiger partial charge on any atom is -0.388 e. The van der Waals surface area contributed by atoms with E-state index in [4.69, 9.17) is 17.3 Å². The Hall–Kier alpha value is -1.48. The molecule has 0 amide bonds. The number of hydrogen-bond donors (Lipinski definition) is 1. The van der Waals surface area contributed by atoms with Crippen LogP contribution in [0.2, 0.25) is 0 Å². The number of carbonyl (C=O) groups is 1. The van der Waals surface area contributed by atoms with E-state index in [1.165, 1.54) is 0 Å². The topological polar surface area (TPSA) is 65.2 Å². The zero-order valence-corrected chi connectivity index (χ0v) is 9.73. The first-order chi connectivity index (χ1) is 8.65. The lowest BCUT2D eigenvalue weighted by Gasteiger charge is -2.14. The van der Waals surface area contributed by atoms with Crippen LogP contribution in [0.25, 0.3) is 0 Å². The van der Waals surface area contributed by atoms with Gasteiger partial charge in [0.1, 0.15) is 5.69 Å². The molecule has 106 valence electrons. The summed E-state index contributed by atoms with van der Waals surface area (Å²) in [6.45, 7) is -0.534. The molecule has 0 fully saturated rings. The van der Waals surface area contributed by atoms with Crippen molar-refractivity contribution in [3.8, 4) is 5.88 Å². The van der Waals surface area contributed by atoms with Crippen LogP contribution in [0, 0.1) is 0 Å². The van der Waals surface area contributed by atoms with Crippen molar-refractivity contribution in [1.82, 2.24) is 4.98 Å². The van der Waals surface area contributed by atoms with Crippen molar-refractivity contribution in [2.45, 2.75) is 19.3 Å². The molecule has 19 heavy (non-hydrogen) atoms. The number of rotatable bonds is 4. The van der Waals surface area contributed by atoms with Gasteiger partial charge in [-0.25, -0.2) is 13.8 Å². The van der Waals surface area contributed by atoms with Gasteiger partial charge in [-0.3, -0.25) is 4.79 Å². The number of nitrogens with two attached hydrogens (primary N) is 1. The number of carbonyl (C=O) groups excluding carboxylic acids is 1. The highest BCUT2D eigenvalue weighted by atomic mass is 35.5. The Bertz CT molecular complexity index is 492. The number of hydrogen-bond acceptors (Lipinski definition) is 4. The molecule has 4 nitrogen and oxygen atoms in total. The molecule has 0 atom stereocenters. The van der Waals surface area contributed by atoms with Crippen LogP contribution in [0.3, 0.4) is 0 Å². The van der Waals surface area contributed by atoms with E-state index in [1.54, 1.807) is 0 Å². The number of nitrogens with zero attached hydrogens (tertiary/aromatic N) is 1. The molecule has 1 rings (SSSR count). The van der Waals surface area contributed by atoms with E-state index >= 15 is 0 Å². The second-order valence-corrected chi connectivity index (χ2v) is 3.55. The fraction of sp³-hybridized carbons (Fsp3) is 0.333. The van der Waals surface area contributed by atoms with E-state index < -0.39 is 47.3 Å². The Morgan fingerprint density at radius 1 is 1.47 bits per heavy atom. The third-order valence-electron chi connectivity index (χ3n) is 1.97. The highest BCUT2D eigenvalue weighted by molar-refractivity contribution is 6.67. The standard InChI is InChI=1S/C9H6ClF5N2O2/c10-7(18)6-5(8(11)12)3(2-16)1-4(17-6)19-9(13,14)15/h1,8H,2,16H2. The van der Waals surface area contributed by atoms with E-state index in [-0.39, 0.29) is 0 Å². The van der Waals surface area contributed by atoms with Crippen LogP contribution < -0.4 is 10.5 Å². The monoisotopic (exact) mass is 304 g/mol. The van der Waals surface area contributed by atoms with Crippen molar-refractivity contribution in [3.05, 3.63) is 22.9 Å². The molecule has 1 aromatic heterocycles. The summed E-state index contributed by atoms with van der Waals surface area (Å²) < 4.78 is 64.9. The van der Waals surface area contributed by atoms with E-state index in [0.29, 0.717) is 6.07 Å². The summed E-state index contributed by atoms with van der Waals surface area (Å²) in [6, 6.07) is 0.582. The van der Waals surface area contributed by atoms with Gasteiger partial charge in [0.15, 0.2) is 0 Å². The molecule has 1 heterocycles. The zero-order valence-electron chi connectivity index (χ0n) is 8.97. The lowest BCUT2D eigenvalue weighted by molar-refractivity contribution is -0.276. The maximum absolute atomic E-state index is 12.7. The quantitative estimate of drug-likeness (QED) is 0.686. The van der Waals surface area contributed by atoms with Gasteiger partial charge in [-0.1, -0.05) is 0 Å². The molecular formula is C9H6ClF5N2O2. The Morgan fingerprint density at radius 3 is 2.42 bits per heavy atom. The minimum absolute atomic E-state index is 0.409. The molecule has 10 heteroatoms. The van der Waals surface area contributed by atoms with Gasteiger partial charge in [0.25, 0.3) is 11.7 Å². The fourth-order valence-electron chi connectivity index (χ4n) is 1.31. The summed E-state index contributed by atoms with van der Waals surface area (Å²) in [6.07, 6.45) is -8.25. The van der Waals surface area contributed by atoms with Gasteiger partial charge < -0.3 is 10.5 Å². The van der Waals surface area contributed by atoms with Crippen LogP contribution in [0.4, 0.5) is 22.0 Å². The van der Waals surface area contributed by atoms with Gasteiger partial charge in [0.05, 0.1) is 5.56 Å². The summed E-state index contributed by atoms with van der Waals surface area (Å²) in [7, 11) is 0. The number of alkyl halides is 5. The largest absolute Gasteiger partial charge is 0.574 e. The average molecular weight is 305 g/mol. The molecule has 0 radical (unpaired) electrons. The molecule has 0 aliphatic carbocycles. The van der Waals surface area contributed by atoms with Gasteiger partial charge in [0, 0.05) is 12.6 Å². The fourth-order valence-corrected chi connectivity index (χ4v) is 1.46. The number of pyridine rings is 1. The Labute approximate surface area is 108 Å². The van der Waals surface area contributed by atoms with Crippen LogP contribution in [-0.2, 0) is 6.54 Å². The van der Waals surface area contributed by atoms with E-state index in [1.807, 2.05) is 0 Å². The third-order valence-corrected chi connectivity index (χ3v) is 2.14. The van der Waals surface area contributed by atoms with Crippen LogP contribution >= 0.6 is 11.6 Å². The van der Waals surface area contributed by atoms with Crippen LogP contribution in [-0.4, -0.2) is 16.6 Å². The van der Waals surface area contributed by atoms with Gasteiger partial charge in [-0.2, -0.15) is 0 Å². The van der Waals surface area contributed by atoms with Gasteiger partial charge in [-0.05, 0) is 17.2 Å². The molecule has 0 aliphatic heterocycles. The zero-order chi connectivity index (χ0) is 14.8. The van der Waals surface area contributed by atoms with E-state index in [0.717, 1.165) is 0 Å². The Morgan fingerprint density at radius 2 is 2.05 bits per heavy atom. The predicted molar refractivity (Wildman–Crippen MR) is 54.0 cm³/mol. The first-order valence-corrected chi connectivity index (χ1v) is 5.01. The van der Waals surface area contributed by atoms with Crippen LogP contribution in [0.5, 0.6) is 5.88 Å². The molecule has 0 aromatic carbocycles. The first kappa shape index (κ1) is 15.6. The van der Waals surface area contributed by atoms with Crippen molar-refractivity contribution >= 4 is 16.8 Å². The first-order valence-electron chi connectivity index (χ1n) is 4.63. The maximum atomic E-state index is 12.7. The number of aromatic nitrogens is 1. The van der Waals surface area contributed by atoms with Gasteiger partial charge in [0.2, 0.25) is 5.88 Å². The summed E-state index contributed by atoms with van der Waals surface area (Å²) >= 11 is 5.01. The normalized spacial score (nSPS) is 11.8. The van der Waals surface area contributed by atoms with E-state index in [9.17, 15) is 26.7 Å². The highest BCUT2D eigenvalue weighted by Gasteiger charge is 2.33. The molecular weight excluding hydrogens is 299 g/mol. The molecule has 0 spiro atoms. The van der Waals surface area contributed by atoms with Crippen molar-refractivity contribution in [1.29, 1.82) is 0 Å². The van der Waals surface area contributed by atoms with Crippen LogP contribution in [0.1, 0.15) is 28.0 Å². The van der Waals surface area contributed by atoms with Gasteiger partial charge in [-0.15, -0.1) is 13.2 Å². The number of halogens is 6. The van der Waals surface area contributed by atoms with Crippen LogP contribution in [0.15, 0.2) is 6.07 Å². The number of ether oxygens (including phenoxy) is 1. The average Bonchev–Trinajstić information content (AvgIpc) is 2.24. The molecule has 0 bridgehead atoms. The predicted octanol–water partition coefficient (Wildman–Crippen LogP) is 2.76. The lowest BCUT2D eigenvalue weighted by Crippen LogP contribution is -2.20. The summed E-state index contributed by atoms with van der Waals surface area (Å²) in [5.74, 6) is -1.08. The molecule has 0 saturated carbocycles. The maximum Gasteiger partial charge on any atom is 0.574 e. The Balaban J connectivity index is 3.40. The smallest absolute Gasteiger partial charge is 0.388 e. The SMILES string of the molecule is NCc1cc(OC(F)(F)F)nc(C(=O)Cl)c1C(F)F. The van der Waals surface area contributed by atoms with Crippen molar-refractivity contribution in [2.24, 2.45) is 5.73 Å². The summed E-state index contributed by atoms with van der Waals surface area (Å²) in [5, 5.41) is -1.43. The highest BCUT2D eigenvalue weighted by Crippen LogP contribution is 2.31. The second kappa shape index (κ2) is 5.66. The third kappa shape index (κ3) is 4.00. The lowest BCUT2D eigenvalue weighted by atomic mass is 10.1. The molecule has 0 unspecified atom stereocenters. The summed E-state index contributed by atoms with van der Waals surface area (Å²) in [5.41, 5.74) is 2.81. The molecule has 1 aromatic rings. The molecule has 0 aliphatic rings. The van der Waals surface area contributed by atoms with Gasteiger partial charge >= 0.3 is 6.36 Å². The summed E-state index contributed by atoms with van der Waals surface area (Å²) in [4.78, 5) is 14.0. The van der Waals surface area contributed by atoms with Crippen molar-refractivity contribution < 1.29 is 31.5 Å². The second-order valence-electron chi connectivity index (χ2n) is 3.21. The molecule has 2 N–H and O–H groups in total. The Kier molecular flexibility index (Phi) is 4.64. The molecule has 0 saturated heterocycles.